The van der Waals surface area contributed by atoms with Gasteiger partial charge in [-0.2, -0.15) is 0 Å². The molecule has 0 aliphatic carbocycles. The van der Waals surface area contributed by atoms with Gasteiger partial charge in [-0.3, -0.25) is 0 Å². The number of esters is 3. The third kappa shape index (κ3) is 4.44. The van der Waals surface area contributed by atoms with E-state index < -0.39 is 28.7 Å². The van der Waals surface area contributed by atoms with E-state index >= 15 is 0 Å². The van der Waals surface area contributed by atoms with Crippen LogP contribution in [-0.2, 0) is 23.8 Å². The lowest BCUT2D eigenvalue weighted by Gasteiger charge is -2.26. The molecule has 0 saturated heterocycles. The van der Waals surface area contributed by atoms with Crippen molar-refractivity contribution in [1.29, 1.82) is 0 Å². The fourth-order valence-corrected chi connectivity index (χ4v) is 3.10. The smallest absolute Gasteiger partial charge is 0.355 e. The van der Waals surface area contributed by atoms with E-state index in [1.165, 1.54) is 24.4 Å². The Hall–Kier alpha value is -2.84. The lowest BCUT2D eigenvalue weighted by atomic mass is 10.1. The average molecular weight is 444 g/mol. The molecule has 10 heteroatoms. The van der Waals surface area contributed by atoms with Gasteiger partial charge in [0.15, 0.2) is 0 Å². The molecule has 7 nitrogen and oxygen atoms in total. The second kappa shape index (κ2) is 9.58. The van der Waals surface area contributed by atoms with Gasteiger partial charge >= 0.3 is 17.9 Å². The number of rotatable bonds is 5. The molecule has 154 valence electrons. The minimum Gasteiger partial charge on any atom is -0.465 e. The minimum atomic E-state index is -0.983. The van der Waals surface area contributed by atoms with E-state index in [2.05, 4.69) is 0 Å². The van der Waals surface area contributed by atoms with Gasteiger partial charge in [0.2, 0.25) is 0 Å². The maximum absolute atomic E-state index is 14.5. The molecule has 2 rings (SSSR count). The largest absolute Gasteiger partial charge is 0.465 e. The van der Waals surface area contributed by atoms with Crippen molar-refractivity contribution in [2.45, 2.75) is 6.92 Å². The van der Waals surface area contributed by atoms with Crippen LogP contribution in [0.5, 0.6) is 0 Å². The Labute approximate surface area is 175 Å². The van der Waals surface area contributed by atoms with Gasteiger partial charge in [0, 0.05) is 6.20 Å². The highest BCUT2D eigenvalue weighted by Gasteiger charge is 2.32. The predicted molar refractivity (Wildman–Crippen MR) is 104 cm³/mol. The first-order valence-electron chi connectivity index (χ1n) is 8.18. The summed E-state index contributed by atoms with van der Waals surface area (Å²) < 4.78 is 28.9. The summed E-state index contributed by atoms with van der Waals surface area (Å²) in [7, 11) is 2.22. The first-order valence-corrected chi connectivity index (χ1v) is 8.93. The van der Waals surface area contributed by atoms with Crippen molar-refractivity contribution in [1.82, 2.24) is 0 Å². The van der Waals surface area contributed by atoms with Gasteiger partial charge in [-0.25, -0.2) is 18.8 Å². The lowest BCUT2D eigenvalue weighted by molar-refractivity contribution is -0.139. The highest BCUT2D eigenvalue weighted by atomic mass is 35.5. The van der Waals surface area contributed by atoms with Crippen LogP contribution in [-0.4, -0.2) is 38.7 Å². The Morgan fingerprint density at radius 2 is 1.69 bits per heavy atom. The number of ether oxygens (including phenoxy) is 3. The van der Waals surface area contributed by atoms with E-state index in [9.17, 15) is 18.8 Å². The Balaban J connectivity index is 2.84. The van der Waals surface area contributed by atoms with Gasteiger partial charge in [0.25, 0.3) is 0 Å². The maximum atomic E-state index is 14.5. The monoisotopic (exact) mass is 443 g/mol. The van der Waals surface area contributed by atoms with Crippen LogP contribution in [0.1, 0.15) is 17.3 Å². The zero-order valence-corrected chi connectivity index (χ0v) is 17.1. The fourth-order valence-electron chi connectivity index (χ4n) is 2.50. The topological polar surface area (TPSA) is 82.1 Å². The van der Waals surface area contributed by atoms with Crippen molar-refractivity contribution < 1.29 is 33.0 Å². The third-order valence-electron chi connectivity index (χ3n) is 3.76. The molecule has 0 N–H and O–H groups in total. The molecule has 29 heavy (non-hydrogen) atoms. The zero-order valence-electron chi connectivity index (χ0n) is 15.6. The Bertz CT molecular complexity index is 955. The Morgan fingerprint density at radius 3 is 2.28 bits per heavy atom. The standard InChI is InChI=1S/C19H16Cl2FNO6/c1-4-29-18(25)11-9-12(22)14(21)16(13(11)20)23-8-6-5-7-10(17(24)27-2)15(23)19(26)28-3/h5-9H,4H2,1-3H3. The summed E-state index contributed by atoms with van der Waals surface area (Å²) in [6.45, 7) is 1.60. The Kier molecular flexibility index (Phi) is 7.41. The summed E-state index contributed by atoms with van der Waals surface area (Å²) in [6, 6.07) is 0.828. The van der Waals surface area contributed by atoms with Crippen molar-refractivity contribution >= 4 is 46.8 Å². The summed E-state index contributed by atoms with van der Waals surface area (Å²) in [5.41, 5.74) is -1.09. The maximum Gasteiger partial charge on any atom is 0.355 e. The molecule has 0 unspecified atom stereocenters. The van der Waals surface area contributed by atoms with Crippen LogP contribution in [0.3, 0.4) is 0 Å². The molecule has 0 bridgehead atoms. The van der Waals surface area contributed by atoms with Crippen LogP contribution in [0.15, 0.2) is 41.8 Å². The molecule has 0 radical (unpaired) electrons. The van der Waals surface area contributed by atoms with Gasteiger partial charge < -0.3 is 19.1 Å². The van der Waals surface area contributed by atoms with Gasteiger partial charge in [0.05, 0.1) is 42.7 Å². The molecular weight excluding hydrogens is 428 g/mol. The molecule has 0 fully saturated rings. The molecule has 0 saturated carbocycles. The van der Waals surface area contributed by atoms with Gasteiger partial charge in [0.1, 0.15) is 16.5 Å². The van der Waals surface area contributed by atoms with Gasteiger partial charge in [-0.15, -0.1) is 0 Å². The van der Waals surface area contributed by atoms with Crippen molar-refractivity contribution in [3.05, 3.63) is 63.2 Å². The number of halogens is 3. The van der Waals surface area contributed by atoms with Crippen molar-refractivity contribution in [2.75, 3.05) is 25.7 Å². The second-order valence-electron chi connectivity index (χ2n) is 5.42. The lowest BCUT2D eigenvalue weighted by Crippen LogP contribution is -2.28. The van der Waals surface area contributed by atoms with E-state index in [4.69, 9.17) is 37.4 Å². The first kappa shape index (κ1) is 22.4. The van der Waals surface area contributed by atoms with E-state index in [-0.39, 0.29) is 34.2 Å². The molecular formula is C19H16Cl2FNO6. The molecule has 0 spiro atoms. The van der Waals surface area contributed by atoms with Crippen LogP contribution in [0, 0.1) is 5.82 Å². The number of hydrogen-bond acceptors (Lipinski definition) is 7. The zero-order chi connectivity index (χ0) is 21.7. The SMILES string of the molecule is CCOC(=O)c1cc(F)c(Cl)c(N2C=CC=CC(C(=O)OC)=C2C(=O)OC)c1Cl. The molecule has 1 aliphatic rings. The van der Waals surface area contributed by atoms with Gasteiger partial charge in [-0.05, 0) is 25.1 Å². The number of methoxy groups -OCH3 is 2. The molecule has 1 aromatic rings. The second-order valence-corrected chi connectivity index (χ2v) is 6.18. The summed E-state index contributed by atoms with van der Waals surface area (Å²) in [4.78, 5) is 37.9. The molecule has 1 aliphatic heterocycles. The van der Waals surface area contributed by atoms with Crippen LogP contribution in [0.2, 0.25) is 10.0 Å². The average Bonchev–Trinajstić information content (AvgIpc) is 2.92. The van der Waals surface area contributed by atoms with Crippen molar-refractivity contribution in [2.24, 2.45) is 0 Å². The highest BCUT2D eigenvalue weighted by molar-refractivity contribution is 6.41. The van der Waals surface area contributed by atoms with Crippen LogP contribution in [0.4, 0.5) is 10.1 Å². The number of hydrogen-bond donors (Lipinski definition) is 0. The number of benzene rings is 1. The molecule has 0 amide bonds. The predicted octanol–water partition coefficient (Wildman–Crippen LogP) is 3.80. The van der Waals surface area contributed by atoms with Crippen molar-refractivity contribution in [3.8, 4) is 0 Å². The number of allylic oxidation sites excluding steroid dienone is 2. The number of anilines is 1. The highest BCUT2D eigenvalue weighted by Crippen LogP contribution is 2.41. The van der Waals surface area contributed by atoms with Crippen LogP contribution < -0.4 is 4.90 Å². The minimum absolute atomic E-state index is 0.0298. The summed E-state index contributed by atoms with van der Waals surface area (Å²) in [6.07, 6.45) is 5.51. The summed E-state index contributed by atoms with van der Waals surface area (Å²) in [5, 5.41) is -0.771. The Morgan fingerprint density at radius 1 is 1.03 bits per heavy atom. The number of carbonyl (C=O) groups excluding carboxylic acids is 3. The van der Waals surface area contributed by atoms with E-state index in [0.717, 1.165) is 25.2 Å². The van der Waals surface area contributed by atoms with E-state index in [0.29, 0.717) is 0 Å². The fraction of sp³-hybridized carbons (Fsp3) is 0.211. The molecule has 0 aromatic heterocycles. The van der Waals surface area contributed by atoms with Gasteiger partial charge in [-0.1, -0.05) is 29.3 Å². The first-order chi connectivity index (χ1) is 13.8. The van der Waals surface area contributed by atoms with Crippen LogP contribution in [0.25, 0.3) is 0 Å². The third-order valence-corrected chi connectivity index (χ3v) is 4.50. The number of carbonyl (C=O) groups is 3. The van der Waals surface area contributed by atoms with E-state index in [1.54, 1.807) is 6.92 Å². The molecule has 1 heterocycles. The van der Waals surface area contributed by atoms with Crippen molar-refractivity contribution in [3.63, 3.8) is 0 Å². The summed E-state index contributed by atoms with van der Waals surface area (Å²) >= 11 is 12.5. The quantitative estimate of drug-likeness (QED) is 0.388. The normalized spacial score (nSPS) is 13.2. The van der Waals surface area contributed by atoms with Crippen LogP contribution >= 0.6 is 23.2 Å². The molecule has 0 atom stereocenters. The number of nitrogens with zero attached hydrogens (tertiary/aromatic N) is 1. The summed E-state index contributed by atoms with van der Waals surface area (Å²) in [5.74, 6) is -3.67. The van der Waals surface area contributed by atoms with E-state index in [1.807, 2.05) is 0 Å². The molecule has 1 aromatic carbocycles.